The Labute approximate surface area is 189 Å². The summed E-state index contributed by atoms with van der Waals surface area (Å²) in [4.78, 5) is 34.9. The molecule has 2 saturated heterocycles. The number of morpholine rings is 1. The summed E-state index contributed by atoms with van der Waals surface area (Å²) in [7, 11) is 0. The third-order valence-corrected chi connectivity index (χ3v) is 8.88. The Hall–Kier alpha value is -1.44. The van der Waals surface area contributed by atoms with Gasteiger partial charge in [-0.1, -0.05) is 19.3 Å². The Balaban J connectivity index is 1.16. The average molecular weight is 446 g/mol. The molecule has 2 amide bonds. The summed E-state index contributed by atoms with van der Waals surface area (Å²) in [5.41, 5.74) is 1.23. The molecule has 4 aliphatic rings. The fourth-order valence-corrected chi connectivity index (χ4v) is 6.95. The summed E-state index contributed by atoms with van der Waals surface area (Å²) in [5.74, 6) is 0.542. The number of carbonyl (C=O) groups is 2. The number of aryl methyl sites for hydroxylation is 1. The summed E-state index contributed by atoms with van der Waals surface area (Å²) in [6.45, 7) is 6.43. The van der Waals surface area contributed by atoms with Gasteiger partial charge in [-0.15, -0.1) is 11.3 Å². The van der Waals surface area contributed by atoms with E-state index in [2.05, 4.69) is 15.9 Å². The van der Waals surface area contributed by atoms with E-state index in [4.69, 9.17) is 4.74 Å². The molecule has 31 heavy (non-hydrogen) atoms. The number of amides is 2. The van der Waals surface area contributed by atoms with Gasteiger partial charge >= 0.3 is 0 Å². The predicted molar refractivity (Wildman–Crippen MR) is 122 cm³/mol. The molecular weight excluding hydrogens is 410 g/mol. The molecule has 170 valence electrons. The molecule has 2 aliphatic heterocycles. The average Bonchev–Trinajstić information content (AvgIpc) is 3.28. The van der Waals surface area contributed by atoms with Gasteiger partial charge in [-0.2, -0.15) is 0 Å². The second-order valence-corrected chi connectivity index (χ2v) is 10.7. The molecule has 1 aromatic heterocycles. The van der Waals surface area contributed by atoms with Crippen LogP contribution in [0.4, 0.5) is 0 Å². The van der Waals surface area contributed by atoms with Gasteiger partial charge in [0.2, 0.25) is 5.91 Å². The van der Waals surface area contributed by atoms with E-state index in [1.807, 2.05) is 4.90 Å². The SMILES string of the molecule is O=C(c1cc2c(s1)CCC(C(=O)N1CCN(C3CCCCC3)CC1)C2)N1CCOCC1. The first-order valence-electron chi connectivity index (χ1n) is 12.2. The van der Waals surface area contributed by atoms with Crippen molar-refractivity contribution in [3.8, 4) is 0 Å². The fraction of sp³-hybridized carbons (Fsp3) is 0.750. The van der Waals surface area contributed by atoms with Gasteiger partial charge in [-0.3, -0.25) is 14.5 Å². The summed E-state index contributed by atoms with van der Waals surface area (Å²) in [6.07, 6.45) is 9.43. The molecular formula is C24H35N3O3S. The van der Waals surface area contributed by atoms with Crippen molar-refractivity contribution in [2.24, 2.45) is 5.92 Å². The first-order chi connectivity index (χ1) is 15.2. The molecule has 6 nitrogen and oxygen atoms in total. The standard InChI is InChI=1S/C24H35N3O3S/c28-23(26-10-8-25(9-11-26)20-4-2-1-3-5-20)18-6-7-21-19(16-18)17-22(31-21)24(29)27-12-14-30-15-13-27/h17-18,20H,1-16H2. The maximum atomic E-state index is 13.3. The lowest BCUT2D eigenvalue weighted by atomic mass is 9.87. The second-order valence-electron chi connectivity index (χ2n) is 9.56. The van der Waals surface area contributed by atoms with Gasteiger partial charge in [0, 0.05) is 56.1 Å². The van der Waals surface area contributed by atoms with E-state index in [1.165, 1.54) is 42.5 Å². The Kier molecular flexibility index (Phi) is 6.62. The van der Waals surface area contributed by atoms with Crippen LogP contribution in [0.3, 0.4) is 0 Å². The maximum absolute atomic E-state index is 13.3. The second kappa shape index (κ2) is 9.59. The van der Waals surface area contributed by atoms with Crippen LogP contribution in [0.2, 0.25) is 0 Å². The van der Waals surface area contributed by atoms with E-state index in [9.17, 15) is 9.59 Å². The van der Waals surface area contributed by atoms with Gasteiger partial charge in [-0.25, -0.2) is 0 Å². The summed E-state index contributed by atoms with van der Waals surface area (Å²) in [5, 5.41) is 0. The first-order valence-corrected chi connectivity index (χ1v) is 13.0. The largest absolute Gasteiger partial charge is 0.378 e. The smallest absolute Gasteiger partial charge is 0.264 e. The lowest BCUT2D eigenvalue weighted by molar-refractivity contribution is -0.138. The third kappa shape index (κ3) is 4.69. The number of piperazine rings is 1. The van der Waals surface area contributed by atoms with Crippen molar-refractivity contribution in [2.45, 2.75) is 57.4 Å². The number of nitrogens with zero attached hydrogens (tertiary/aromatic N) is 3. The molecule has 1 atom stereocenters. The minimum atomic E-state index is 0.0784. The van der Waals surface area contributed by atoms with Gasteiger partial charge in [0.15, 0.2) is 0 Å². The van der Waals surface area contributed by atoms with E-state index >= 15 is 0 Å². The van der Waals surface area contributed by atoms with Gasteiger partial charge < -0.3 is 14.5 Å². The lowest BCUT2D eigenvalue weighted by Crippen LogP contribution is -2.53. The van der Waals surface area contributed by atoms with Crippen molar-refractivity contribution in [3.63, 3.8) is 0 Å². The normalized spacial score (nSPS) is 26.0. The van der Waals surface area contributed by atoms with Crippen LogP contribution in [-0.2, 0) is 22.4 Å². The maximum Gasteiger partial charge on any atom is 0.264 e. The predicted octanol–water partition coefficient (Wildman–Crippen LogP) is 2.80. The highest BCUT2D eigenvalue weighted by molar-refractivity contribution is 7.14. The Morgan fingerprint density at radius 1 is 0.903 bits per heavy atom. The molecule has 0 aromatic carbocycles. The molecule has 3 fully saturated rings. The van der Waals surface area contributed by atoms with Crippen molar-refractivity contribution in [2.75, 3.05) is 52.5 Å². The molecule has 7 heteroatoms. The number of thiophene rings is 1. The molecule has 0 N–H and O–H groups in total. The number of carbonyl (C=O) groups excluding carboxylic acids is 2. The van der Waals surface area contributed by atoms with E-state index in [1.54, 1.807) is 11.3 Å². The molecule has 2 aliphatic carbocycles. The van der Waals surface area contributed by atoms with Gasteiger partial charge in [-0.05, 0) is 43.7 Å². The lowest BCUT2D eigenvalue weighted by Gasteiger charge is -2.41. The minimum absolute atomic E-state index is 0.0784. The van der Waals surface area contributed by atoms with Crippen LogP contribution < -0.4 is 0 Å². The number of rotatable bonds is 3. The third-order valence-electron chi connectivity index (χ3n) is 7.66. The molecule has 1 unspecified atom stereocenters. The molecule has 1 saturated carbocycles. The number of ether oxygens (including phenoxy) is 1. The molecule has 0 spiro atoms. The van der Waals surface area contributed by atoms with Crippen LogP contribution in [-0.4, -0.2) is 85.0 Å². The quantitative estimate of drug-likeness (QED) is 0.718. The highest BCUT2D eigenvalue weighted by atomic mass is 32.1. The first kappa shape index (κ1) is 21.4. The number of fused-ring (bicyclic) bond motifs is 1. The molecule has 0 radical (unpaired) electrons. The van der Waals surface area contributed by atoms with Crippen LogP contribution in [0.1, 0.15) is 58.6 Å². The molecule has 0 bridgehead atoms. The summed E-state index contributed by atoms with van der Waals surface area (Å²) in [6, 6.07) is 2.81. The van der Waals surface area contributed by atoms with E-state index in [0.29, 0.717) is 32.2 Å². The van der Waals surface area contributed by atoms with Crippen molar-refractivity contribution < 1.29 is 14.3 Å². The zero-order valence-electron chi connectivity index (χ0n) is 18.5. The highest BCUT2D eigenvalue weighted by Gasteiger charge is 2.33. The number of hydrogen-bond donors (Lipinski definition) is 0. The minimum Gasteiger partial charge on any atom is -0.378 e. The zero-order chi connectivity index (χ0) is 21.2. The zero-order valence-corrected chi connectivity index (χ0v) is 19.3. The summed E-state index contributed by atoms with van der Waals surface area (Å²) >= 11 is 1.64. The van der Waals surface area contributed by atoms with Gasteiger partial charge in [0.1, 0.15) is 0 Å². The Morgan fingerprint density at radius 2 is 1.65 bits per heavy atom. The van der Waals surface area contributed by atoms with Crippen molar-refractivity contribution in [3.05, 3.63) is 21.4 Å². The summed E-state index contributed by atoms with van der Waals surface area (Å²) < 4.78 is 5.37. The Morgan fingerprint density at radius 3 is 2.39 bits per heavy atom. The van der Waals surface area contributed by atoms with Gasteiger partial charge in [0.25, 0.3) is 5.91 Å². The van der Waals surface area contributed by atoms with Crippen molar-refractivity contribution in [1.82, 2.24) is 14.7 Å². The molecule has 3 heterocycles. The topological polar surface area (TPSA) is 53.1 Å². The van der Waals surface area contributed by atoms with Crippen molar-refractivity contribution >= 4 is 23.2 Å². The van der Waals surface area contributed by atoms with Crippen LogP contribution in [0.5, 0.6) is 0 Å². The molecule has 5 rings (SSSR count). The fourth-order valence-electron chi connectivity index (χ4n) is 5.77. The molecule has 1 aromatic rings. The van der Waals surface area contributed by atoms with Crippen molar-refractivity contribution in [1.29, 1.82) is 0 Å². The van der Waals surface area contributed by atoms with E-state index < -0.39 is 0 Å². The van der Waals surface area contributed by atoms with Crippen LogP contribution in [0.15, 0.2) is 6.07 Å². The number of hydrogen-bond acceptors (Lipinski definition) is 5. The van der Waals surface area contributed by atoms with Gasteiger partial charge in [0.05, 0.1) is 18.1 Å². The highest BCUT2D eigenvalue weighted by Crippen LogP contribution is 2.34. The van der Waals surface area contributed by atoms with Crippen LogP contribution in [0, 0.1) is 5.92 Å². The monoisotopic (exact) mass is 445 g/mol. The Bertz CT molecular complexity index is 790. The van der Waals surface area contributed by atoms with E-state index in [0.717, 1.165) is 56.4 Å². The van der Waals surface area contributed by atoms with Crippen LogP contribution >= 0.6 is 11.3 Å². The van der Waals surface area contributed by atoms with E-state index in [-0.39, 0.29) is 11.8 Å². The van der Waals surface area contributed by atoms with Crippen LogP contribution in [0.25, 0.3) is 0 Å².